The maximum Gasteiger partial charge on any atom is 0.264 e. The predicted molar refractivity (Wildman–Crippen MR) is 126 cm³/mol. The number of para-hydroxylation sites is 1. The monoisotopic (exact) mass is 460 g/mol. The first-order valence-electron chi connectivity index (χ1n) is 11.0. The van der Waals surface area contributed by atoms with Crippen LogP contribution in [0.25, 0.3) is 10.9 Å². The number of amides is 1. The molecule has 0 saturated carbocycles. The molecule has 0 bridgehead atoms. The minimum absolute atomic E-state index is 0.141. The van der Waals surface area contributed by atoms with E-state index in [1.165, 1.54) is 18.1 Å². The highest BCUT2D eigenvalue weighted by molar-refractivity contribution is 6.06. The van der Waals surface area contributed by atoms with E-state index in [1.54, 1.807) is 34.9 Å². The van der Waals surface area contributed by atoms with Gasteiger partial charge in [0, 0.05) is 17.8 Å². The van der Waals surface area contributed by atoms with E-state index in [4.69, 9.17) is 4.74 Å². The molecule has 1 aliphatic rings. The maximum absolute atomic E-state index is 14.5. The number of methoxy groups -OCH3 is 1. The Bertz CT molecular complexity index is 1440. The standard InChI is InChI=1S/C27H22F2N2O3/c1-34-21-12-10-20(11-13-21)31(27(33)24-22(28)8-3-9-23(24)29)16-19-15-18-6-2-5-17-7-4-14-30(25(17)18)26(19)32/h2-3,5-6,8-13,15H,4,7,14,16H2,1H3. The van der Waals surface area contributed by atoms with Crippen molar-refractivity contribution in [2.75, 3.05) is 12.0 Å². The number of benzene rings is 3. The molecule has 5 rings (SSSR count). The third-order valence-corrected chi connectivity index (χ3v) is 6.23. The quantitative estimate of drug-likeness (QED) is 0.417. The number of aryl methyl sites for hydroxylation is 2. The van der Waals surface area contributed by atoms with Gasteiger partial charge in [0.15, 0.2) is 0 Å². The number of pyridine rings is 1. The summed E-state index contributed by atoms with van der Waals surface area (Å²) in [5.41, 5.74) is 1.91. The zero-order valence-corrected chi connectivity index (χ0v) is 18.6. The van der Waals surface area contributed by atoms with Crippen LogP contribution in [-0.2, 0) is 19.5 Å². The number of rotatable bonds is 5. The van der Waals surface area contributed by atoms with Crippen LogP contribution in [0.1, 0.15) is 27.9 Å². The molecule has 3 aromatic carbocycles. The van der Waals surface area contributed by atoms with Crippen LogP contribution in [0.4, 0.5) is 14.5 Å². The molecule has 1 aliphatic heterocycles. The fourth-order valence-corrected chi connectivity index (χ4v) is 4.59. The smallest absolute Gasteiger partial charge is 0.264 e. The molecule has 172 valence electrons. The molecule has 5 nitrogen and oxygen atoms in total. The number of halogens is 2. The van der Waals surface area contributed by atoms with E-state index in [1.807, 2.05) is 18.2 Å². The van der Waals surface area contributed by atoms with E-state index in [2.05, 4.69) is 0 Å². The Kier molecular flexibility index (Phi) is 5.61. The second-order valence-corrected chi connectivity index (χ2v) is 8.27. The van der Waals surface area contributed by atoms with Crippen molar-refractivity contribution >= 4 is 22.5 Å². The molecule has 0 unspecified atom stereocenters. The van der Waals surface area contributed by atoms with Gasteiger partial charge in [0.25, 0.3) is 11.5 Å². The molecule has 0 spiro atoms. The zero-order chi connectivity index (χ0) is 23.8. The van der Waals surface area contributed by atoms with Gasteiger partial charge in [0.2, 0.25) is 0 Å². The molecule has 2 heterocycles. The number of carbonyl (C=O) groups excluding carboxylic acids is 1. The van der Waals surface area contributed by atoms with E-state index in [-0.39, 0.29) is 12.1 Å². The molecule has 34 heavy (non-hydrogen) atoms. The van der Waals surface area contributed by atoms with Gasteiger partial charge in [-0.1, -0.05) is 24.3 Å². The number of carbonyl (C=O) groups is 1. The van der Waals surface area contributed by atoms with E-state index < -0.39 is 23.1 Å². The lowest BCUT2D eigenvalue weighted by Crippen LogP contribution is -2.36. The SMILES string of the molecule is COc1ccc(N(Cc2cc3cccc4c3n(c2=O)CCC4)C(=O)c2c(F)cccc2F)cc1. The fourth-order valence-electron chi connectivity index (χ4n) is 4.59. The van der Waals surface area contributed by atoms with Crippen LogP contribution in [0.5, 0.6) is 5.75 Å². The number of anilines is 1. The lowest BCUT2D eigenvalue weighted by atomic mass is 10.00. The molecule has 1 amide bonds. The van der Waals surface area contributed by atoms with Gasteiger partial charge >= 0.3 is 0 Å². The molecule has 0 N–H and O–H groups in total. The number of aromatic nitrogens is 1. The van der Waals surface area contributed by atoms with Crippen LogP contribution in [0.15, 0.2) is 71.5 Å². The molecule has 1 aromatic heterocycles. The van der Waals surface area contributed by atoms with Crippen LogP contribution >= 0.6 is 0 Å². The third-order valence-electron chi connectivity index (χ3n) is 6.23. The Labute approximate surface area is 194 Å². The van der Waals surface area contributed by atoms with E-state index in [0.29, 0.717) is 23.5 Å². The predicted octanol–water partition coefficient (Wildman–Crippen LogP) is 5.08. The van der Waals surface area contributed by atoms with Crippen molar-refractivity contribution in [3.05, 3.63) is 105 Å². The molecule has 4 aromatic rings. The van der Waals surface area contributed by atoms with Crippen LogP contribution in [0.2, 0.25) is 0 Å². The van der Waals surface area contributed by atoms with Gasteiger partial charge < -0.3 is 14.2 Å². The Hall–Kier alpha value is -4.00. The Morgan fingerprint density at radius 3 is 2.44 bits per heavy atom. The number of ether oxygens (including phenoxy) is 1. The lowest BCUT2D eigenvalue weighted by molar-refractivity contribution is 0.0977. The summed E-state index contributed by atoms with van der Waals surface area (Å²) in [5.74, 6) is -2.22. The van der Waals surface area contributed by atoms with Gasteiger partial charge in [-0.2, -0.15) is 0 Å². The van der Waals surface area contributed by atoms with Gasteiger partial charge in [-0.25, -0.2) is 8.78 Å². The molecule has 0 radical (unpaired) electrons. The lowest BCUT2D eigenvalue weighted by Gasteiger charge is -2.25. The summed E-state index contributed by atoms with van der Waals surface area (Å²) in [7, 11) is 1.52. The summed E-state index contributed by atoms with van der Waals surface area (Å²) in [6.45, 7) is 0.441. The minimum Gasteiger partial charge on any atom is -0.497 e. The molecule has 0 saturated heterocycles. The Balaban J connectivity index is 1.64. The van der Waals surface area contributed by atoms with Gasteiger partial charge in [0.1, 0.15) is 22.9 Å². The summed E-state index contributed by atoms with van der Waals surface area (Å²) < 4.78 is 36.0. The highest BCUT2D eigenvalue weighted by Gasteiger charge is 2.26. The average molecular weight is 460 g/mol. The second kappa shape index (κ2) is 8.74. The van der Waals surface area contributed by atoms with E-state index in [9.17, 15) is 18.4 Å². The second-order valence-electron chi connectivity index (χ2n) is 8.27. The van der Waals surface area contributed by atoms with Crippen LogP contribution in [0.3, 0.4) is 0 Å². The highest BCUT2D eigenvalue weighted by Crippen LogP contribution is 2.27. The average Bonchev–Trinajstić information content (AvgIpc) is 2.85. The summed E-state index contributed by atoms with van der Waals surface area (Å²) in [6, 6.07) is 17.5. The molecular weight excluding hydrogens is 438 g/mol. The first kappa shape index (κ1) is 21.8. The van der Waals surface area contributed by atoms with Crippen molar-refractivity contribution in [2.45, 2.75) is 25.9 Å². The van der Waals surface area contributed by atoms with Gasteiger partial charge in [-0.05, 0) is 66.3 Å². The topological polar surface area (TPSA) is 51.5 Å². The van der Waals surface area contributed by atoms with Crippen molar-refractivity contribution in [2.24, 2.45) is 0 Å². The van der Waals surface area contributed by atoms with Crippen LogP contribution in [0, 0.1) is 11.6 Å². The number of hydrogen-bond acceptors (Lipinski definition) is 3. The van der Waals surface area contributed by atoms with E-state index in [0.717, 1.165) is 41.4 Å². The van der Waals surface area contributed by atoms with Gasteiger partial charge in [0.05, 0.1) is 19.2 Å². The normalized spacial score (nSPS) is 12.6. The van der Waals surface area contributed by atoms with Crippen molar-refractivity contribution < 1.29 is 18.3 Å². The fraction of sp³-hybridized carbons (Fsp3) is 0.185. The van der Waals surface area contributed by atoms with Crippen LogP contribution < -0.4 is 15.2 Å². The summed E-state index contributed by atoms with van der Waals surface area (Å²) in [5, 5.41) is 0.894. The molecule has 7 heteroatoms. The van der Waals surface area contributed by atoms with Crippen LogP contribution in [-0.4, -0.2) is 17.6 Å². The van der Waals surface area contributed by atoms with Crippen molar-refractivity contribution in [1.82, 2.24) is 4.57 Å². The van der Waals surface area contributed by atoms with E-state index >= 15 is 0 Å². The van der Waals surface area contributed by atoms with Crippen molar-refractivity contribution in [1.29, 1.82) is 0 Å². The maximum atomic E-state index is 14.5. The van der Waals surface area contributed by atoms with Crippen molar-refractivity contribution in [3.8, 4) is 5.75 Å². The van der Waals surface area contributed by atoms with Crippen molar-refractivity contribution in [3.63, 3.8) is 0 Å². The third kappa shape index (κ3) is 3.73. The molecule has 0 aliphatic carbocycles. The number of hydrogen-bond donors (Lipinski definition) is 0. The summed E-state index contributed by atoms with van der Waals surface area (Å²) in [4.78, 5) is 28.1. The largest absolute Gasteiger partial charge is 0.497 e. The number of nitrogens with zero attached hydrogens (tertiary/aromatic N) is 2. The minimum atomic E-state index is -0.960. The highest BCUT2D eigenvalue weighted by atomic mass is 19.1. The van der Waals surface area contributed by atoms with Gasteiger partial charge in [-0.15, -0.1) is 0 Å². The molecule has 0 atom stereocenters. The first-order valence-corrected chi connectivity index (χ1v) is 11.0. The summed E-state index contributed by atoms with van der Waals surface area (Å²) >= 11 is 0. The molecular formula is C27H22F2N2O3. The summed E-state index contributed by atoms with van der Waals surface area (Å²) in [6.07, 6.45) is 1.75. The first-order chi connectivity index (χ1) is 16.5. The molecule has 0 fully saturated rings. The zero-order valence-electron chi connectivity index (χ0n) is 18.6. The van der Waals surface area contributed by atoms with Gasteiger partial charge in [-0.3, -0.25) is 9.59 Å². The Morgan fingerprint density at radius 2 is 1.74 bits per heavy atom. The Morgan fingerprint density at radius 1 is 1.03 bits per heavy atom.